The highest BCUT2D eigenvalue weighted by atomic mass is 15.1. The standard InChI is InChI=1S/C24H33N5/c1-2-3-14-22-28-23-20(29(22)17-19-12-8-5-9-13-19)15-21(25)27-24(23)26-16-18-10-6-4-7-11-18/h5,8-9,12-13,15,18H,2-4,6-7,10-11,14,16-17H2,1H3,(H3,25,26,27). The van der Waals surface area contributed by atoms with E-state index in [9.17, 15) is 0 Å². The van der Waals surface area contributed by atoms with Crippen molar-refractivity contribution in [2.75, 3.05) is 17.6 Å². The Labute approximate surface area is 173 Å². The van der Waals surface area contributed by atoms with Crippen molar-refractivity contribution >= 4 is 22.7 Å². The van der Waals surface area contributed by atoms with E-state index in [1.807, 2.05) is 6.07 Å². The van der Waals surface area contributed by atoms with Crippen LogP contribution in [0.1, 0.15) is 63.3 Å². The van der Waals surface area contributed by atoms with Crippen LogP contribution in [0, 0.1) is 5.92 Å². The minimum absolute atomic E-state index is 0.555. The fraction of sp³-hybridized carbons (Fsp3) is 0.500. The first-order chi connectivity index (χ1) is 14.2. The Morgan fingerprint density at radius 3 is 2.66 bits per heavy atom. The zero-order chi connectivity index (χ0) is 20.1. The number of benzene rings is 1. The van der Waals surface area contributed by atoms with E-state index in [0.29, 0.717) is 5.82 Å². The predicted octanol–water partition coefficient (Wildman–Crippen LogP) is 5.40. The molecule has 0 bridgehead atoms. The molecule has 1 aliphatic rings. The van der Waals surface area contributed by atoms with Gasteiger partial charge in [-0.25, -0.2) is 9.97 Å². The van der Waals surface area contributed by atoms with Gasteiger partial charge in [0.1, 0.15) is 17.2 Å². The van der Waals surface area contributed by atoms with Crippen LogP contribution < -0.4 is 11.1 Å². The zero-order valence-corrected chi connectivity index (χ0v) is 17.5. The largest absolute Gasteiger partial charge is 0.384 e. The second-order valence-corrected chi connectivity index (χ2v) is 8.35. The monoisotopic (exact) mass is 391 g/mol. The maximum absolute atomic E-state index is 6.21. The smallest absolute Gasteiger partial charge is 0.156 e. The number of hydrogen-bond donors (Lipinski definition) is 2. The highest BCUT2D eigenvalue weighted by Gasteiger charge is 2.18. The first kappa shape index (κ1) is 19.7. The molecule has 1 aromatic carbocycles. The number of nitrogens with one attached hydrogen (secondary N) is 1. The van der Waals surface area contributed by atoms with Crippen molar-refractivity contribution in [3.8, 4) is 0 Å². The van der Waals surface area contributed by atoms with Crippen LogP contribution in [0.4, 0.5) is 11.6 Å². The van der Waals surface area contributed by atoms with Crippen molar-refractivity contribution in [2.24, 2.45) is 5.92 Å². The van der Waals surface area contributed by atoms with Gasteiger partial charge in [0.2, 0.25) is 0 Å². The van der Waals surface area contributed by atoms with Gasteiger partial charge in [0.15, 0.2) is 5.82 Å². The van der Waals surface area contributed by atoms with Gasteiger partial charge < -0.3 is 15.6 Å². The van der Waals surface area contributed by atoms with Crippen LogP contribution >= 0.6 is 0 Å². The fourth-order valence-electron chi connectivity index (χ4n) is 4.41. The Bertz CT molecular complexity index is 925. The van der Waals surface area contributed by atoms with Crippen LogP contribution in [0.15, 0.2) is 36.4 Å². The van der Waals surface area contributed by atoms with Gasteiger partial charge in [-0.3, -0.25) is 0 Å². The molecular formula is C24H33N5. The lowest BCUT2D eigenvalue weighted by atomic mass is 9.89. The molecule has 1 aliphatic carbocycles. The summed E-state index contributed by atoms with van der Waals surface area (Å²) >= 11 is 0. The molecule has 1 saturated carbocycles. The molecule has 0 radical (unpaired) electrons. The lowest BCUT2D eigenvalue weighted by Gasteiger charge is -2.22. The molecule has 154 valence electrons. The first-order valence-electron chi connectivity index (χ1n) is 11.2. The summed E-state index contributed by atoms with van der Waals surface area (Å²) in [6.07, 6.45) is 9.94. The molecule has 0 amide bonds. The molecule has 0 aliphatic heterocycles. The van der Waals surface area contributed by atoms with Gasteiger partial charge in [-0.1, -0.05) is 62.9 Å². The fourth-order valence-corrected chi connectivity index (χ4v) is 4.41. The molecule has 3 aromatic rings. The highest BCUT2D eigenvalue weighted by Crippen LogP contribution is 2.28. The molecule has 0 saturated heterocycles. The van der Waals surface area contributed by atoms with Crippen LogP contribution in [0.5, 0.6) is 0 Å². The molecule has 3 N–H and O–H groups in total. The number of fused-ring (bicyclic) bond motifs is 1. The quantitative estimate of drug-likeness (QED) is 0.540. The normalized spacial score (nSPS) is 15.1. The van der Waals surface area contributed by atoms with Crippen molar-refractivity contribution in [2.45, 2.75) is 64.8 Å². The van der Waals surface area contributed by atoms with Crippen LogP contribution in [0.3, 0.4) is 0 Å². The summed E-state index contributed by atoms with van der Waals surface area (Å²) in [5, 5.41) is 3.59. The molecule has 5 heteroatoms. The van der Waals surface area contributed by atoms with Gasteiger partial charge in [0.05, 0.1) is 5.52 Å². The summed E-state index contributed by atoms with van der Waals surface area (Å²) < 4.78 is 2.32. The third-order valence-corrected chi connectivity index (χ3v) is 6.06. The molecular weight excluding hydrogens is 358 g/mol. The van der Waals surface area contributed by atoms with Crippen molar-refractivity contribution in [3.05, 3.63) is 47.8 Å². The van der Waals surface area contributed by atoms with Crippen LogP contribution in [-0.4, -0.2) is 21.1 Å². The Balaban J connectivity index is 1.67. The Morgan fingerprint density at radius 1 is 1.10 bits per heavy atom. The zero-order valence-electron chi connectivity index (χ0n) is 17.5. The molecule has 4 rings (SSSR count). The molecule has 0 unspecified atom stereocenters. The number of nitrogen functional groups attached to an aromatic ring is 1. The van der Waals surface area contributed by atoms with E-state index in [-0.39, 0.29) is 0 Å². The average molecular weight is 392 g/mol. The molecule has 29 heavy (non-hydrogen) atoms. The highest BCUT2D eigenvalue weighted by molar-refractivity contribution is 5.88. The van der Waals surface area contributed by atoms with E-state index in [1.54, 1.807) is 0 Å². The van der Waals surface area contributed by atoms with Gasteiger partial charge in [-0.2, -0.15) is 0 Å². The summed E-state index contributed by atoms with van der Waals surface area (Å²) in [5.41, 5.74) is 9.53. The molecule has 0 spiro atoms. The molecule has 0 atom stereocenters. The predicted molar refractivity (Wildman–Crippen MR) is 121 cm³/mol. The SMILES string of the molecule is CCCCc1nc2c(NCC3CCCCC3)nc(N)cc2n1Cc1ccccc1. The number of nitrogens with two attached hydrogens (primary N) is 1. The van der Waals surface area contributed by atoms with Gasteiger partial charge in [0.25, 0.3) is 0 Å². The third-order valence-electron chi connectivity index (χ3n) is 6.06. The Hall–Kier alpha value is -2.56. The Morgan fingerprint density at radius 2 is 1.90 bits per heavy atom. The lowest BCUT2D eigenvalue weighted by molar-refractivity contribution is 0.373. The number of aromatic nitrogens is 3. The maximum atomic E-state index is 6.21. The Kier molecular flexibility index (Phi) is 6.33. The topological polar surface area (TPSA) is 68.8 Å². The van der Waals surface area contributed by atoms with E-state index >= 15 is 0 Å². The van der Waals surface area contributed by atoms with Gasteiger partial charge in [0, 0.05) is 25.6 Å². The number of rotatable bonds is 8. The van der Waals surface area contributed by atoms with Crippen molar-refractivity contribution in [1.82, 2.24) is 14.5 Å². The number of hydrogen-bond acceptors (Lipinski definition) is 4. The van der Waals surface area contributed by atoms with Gasteiger partial charge >= 0.3 is 0 Å². The number of unbranched alkanes of at least 4 members (excludes halogenated alkanes) is 1. The van der Waals surface area contributed by atoms with E-state index in [1.165, 1.54) is 37.7 Å². The molecule has 2 heterocycles. The number of nitrogens with zero attached hydrogens (tertiary/aromatic N) is 3. The maximum Gasteiger partial charge on any atom is 0.156 e. The second kappa shape index (κ2) is 9.29. The molecule has 5 nitrogen and oxygen atoms in total. The second-order valence-electron chi connectivity index (χ2n) is 8.35. The first-order valence-corrected chi connectivity index (χ1v) is 11.2. The van der Waals surface area contributed by atoms with Crippen LogP contribution in [0.25, 0.3) is 11.0 Å². The van der Waals surface area contributed by atoms with Crippen molar-refractivity contribution in [1.29, 1.82) is 0 Å². The summed E-state index contributed by atoms with van der Waals surface area (Å²) in [6.45, 7) is 3.99. The van der Waals surface area contributed by atoms with Gasteiger partial charge in [-0.15, -0.1) is 0 Å². The summed E-state index contributed by atoms with van der Waals surface area (Å²) in [5.74, 6) is 3.25. The van der Waals surface area contributed by atoms with E-state index in [0.717, 1.165) is 60.9 Å². The van der Waals surface area contributed by atoms with E-state index in [2.05, 4.69) is 52.1 Å². The average Bonchev–Trinajstić information content (AvgIpc) is 3.09. The third kappa shape index (κ3) is 4.72. The molecule has 2 aromatic heterocycles. The summed E-state index contributed by atoms with van der Waals surface area (Å²) in [4.78, 5) is 9.65. The van der Waals surface area contributed by atoms with E-state index < -0.39 is 0 Å². The van der Waals surface area contributed by atoms with Crippen LogP contribution in [0.2, 0.25) is 0 Å². The number of anilines is 2. The number of pyridine rings is 1. The number of aryl methyl sites for hydroxylation is 1. The summed E-state index contributed by atoms with van der Waals surface area (Å²) in [6, 6.07) is 12.6. The lowest BCUT2D eigenvalue weighted by Crippen LogP contribution is -2.18. The van der Waals surface area contributed by atoms with E-state index in [4.69, 9.17) is 10.7 Å². The minimum atomic E-state index is 0.555. The van der Waals surface area contributed by atoms with Crippen molar-refractivity contribution < 1.29 is 0 Å². The minimum Gasteiger partial charge on any atom is -0.384 e. The summed E-state index contributed by atoms with van der Waals surface area (Å²) in [7, 11) is 0. The van der Waals surface area contributed by atoms with Gasteiger partial charge in [-0.05, 0) is 30.7 Å². The number of imidazole rings is 1. The van der Waals surface area contributed by atoms with Crippen LogP contribution in [-0.2, 0) is 13.0 Å². The molecule has 1 fully saturated rings. The van der Waals surface area contributed by atoms with Crippen molar-refractivity contribution in [3.63, 3.8) is 0 Å².